The van der Waals surface area contributed by atoms with Crippen LogP contribution < -0.4 is 0 Å². The summed E-state index contributed by atoms with van der Waals surface area (Å²) in [5.74, 6) is 0. The molecule has 0 aromatic heterocycles. The Labute approximate surface area is 189 Å². The zero-order valence-electron chi connectivity index (χ0n) is 20.5. The van der Waals surface area contributed by atoms with Gasteiger partial charge in [0.1, 0.15) is 0 Å². The maximum Gasteiger partial charge on any atom is 0.248 e. The monoisotopic (exact) mass is 446 g/mol. The molecule has 0 heterocycles. The van der Waals surface area contributed by atoms with Crippen molar-refractivity contribution in [3.63, 3.8) is 0 Å². The molecule has 0 unspecified atom stereocenters. The minimum Gasteiger partial charge on any atom is -0.296 e. The van der Waals surface area contributed by atoms with Crippen LogP contribution in [-0.4, -0.2) is 16.6 Å². The van der Waals surface area contributed by atoms with Crippen molar-refractivity contribution in [2.24, 2.45) is 10.8 Å². The zero-order chi connectivity index (χ0) is 23.3. The van der Waals surface area contributed by atoms with Crippen LogP contribution in [0.15, 0.2) is 74.9 Å². The minimum atomic E-state index is -2.24. The van der Waals surface area contributed by atoms with E-state index in [1.807, 2.05) is 24.3 Å². The molecular weight excluding hydrogens is 400 g/mol. The van der Waals surface area contributed by atoms with E-state index in [0.717, 1.165) is 36.3 Å². The molecular formula is C26H46O2Si2. The van der Waals surface area contributed by atoms with Crippen LogP contribution in [0.4, 0.5) is 0 Å². The molecule has 0 radical (unpaired) electrons. The predicted octanol–water partition coefficient (Wildman–Crippen LogP) is 8.77. The van der Waals surface area contributed by atoms with Crippen molar-refractivity contribution in [3.8, 4) is 0 Å². The first kappa shape index (κ1) is 28.8. The molecule has 0 aromatic carbocycles. The zero-order valence-corrected chi connectivity index (χ0v) is 22.5. The van der Waals surface area contributed by atoms with Crippen LogP contribution in [0.3, 0.4) is 0 Å². The molecule has 0 saturated carbocycles. The molecule has 0 N–H and O–H groups in total. The van der Waals surface area contributed by atoms with Crippen LogP contribution in [0, 0.1) is 10.8 Å². The molecule has 0 rings (SSSR count). The van der Waals surface area contributed by atoms with E-state index in [0.29, 0.717) is 0 Å². The lowest BCUT2D eigenvalue weighted by Crippen LogP contribution is -2.44. The lowest BCUT2D eigenvalue weighted by Gasteiger charge is -2.35. The summed E-state index contributed by atoms with van der Waals surface area (Å²) >= 11 is 0. The number of hydrogen-bond acceptors (Lipinski definition) is 2. The number of rotatable bonds is 15. The maximum absolute atomic E-state index is 6.46. The molecule has 0 spiro atoms. The molecule has 0 aliphatic carbocycles. The highest BCUT2D eigenvalue weighted by atomic mass is 28.4. The SMILES string of the molecule is C=CC[Si](CC=C)(CC=CC(C)(C)C)OO[Si](CC=C)(CC=C)CC=CC(C)(C)C. The average Bonchev–Trinajstić information content (AvgIpc) is 2.59. The van der Waals surface area contributed by atoms with Gasteiger partial charge in [-0.1, -0.05) is 90.2 Å². The Balaban J connectivity index is 5.74. The highest BCUT2D eigenvalue weighted by Gasteiger charge is 2.40. The lowest BCUT2D eigenvalue weighted by atomic mass is 9.97. The van der Waals surface area contributed by atoms with Gasteiger partial charge in [0, 0.05) is 0 Å². The fourth-order valence-corrected chi connectivity index (χ4v) is 9.21. The Morgan fingerprint density at radius 1 is 0.533 bits per heavy atom. The largest absolute Gasteiger partial charge is 0.296 e. The highest BCUT2D eigenvalue weighted by Crippen LogP contribution is 2.32. The molecule has 2 nitrogen and oxygen atoms in total. The van der Waals surface area contributed by atoms with Crippen LogP contribution in [0.1, 0.15) is 41.5 Å². The molecule has 4 heteroatoms. The summed E-state index contributed by atoms with van der Waals surface area (Å²) in [5, 5.41) is 0. The molecule has 0 aromatic rings. The van der Waals surface area contributed by atoms with Crippen molar-refractivity contribution in [1.29, 1.82) is 0 Å². The van der Waals surface area contributed by atoms with Crippen molar-refractivity contribution in [3.05, 3.63) is 74.9 Å². The number of hydrogen-bond donors (Lipinski definition) is 0. The molecule has 30 heavy (non-hydrogen) atoms. The van der Waals surface area contributed by atoms with E-state index in [4.69, 9.17) is 9.15 Å². The molecule has 0 saturated heterocycles. The van der Waals surface area contributed by atoms with Crippen LogP contribution in [0.25, 0.3) is 0 Å². The highest BCUT2D eigenvalue weighted by molar-refractivity contribution is 6.77. The van der Waals surface area contributed by atoms with E-state index < -0.39 is 16.6 Å². The van der Waals surface area contributed by atoms with Gasteiger partial charge < -0.3 is 0 Å². The van der Waals surface area contributed by atoms with Crippen molar-refractivity contribution < 1.29 is 9.15 Å². The van der Waals surface area contributed by atoms with E-state index in [-0.39, 0.29) is 10.8 Å². The van der Waals surface area contributed by atoms with E-state index in [1.54, 1.807) is 0 Å². The van der Waals surface area contributed by atoms with E-state index >= 15 is 0 Å². The average molecular weight is 447 g/mol. The van der Waals surface area contributed by atoms with Gasteiger partial charge in [0.05, 0.1) is 0 Å². The Morgan fingerprint density at radius 3 is 1.00 bits per heavy atom. The summed E-state index contributed by atoms with van der Waals surface area (Å²) in [6, 6.07) is 5.09. The van der Waals surface area contributed by atoms with E-state index in [9.17, 15) is 0 Å². The second kappa shape index (κ2) is 13.3. The van der Waals surface area contributed by atoms with Gasteiger partial charge in [0.15, 0.2) is 0 Å². The smallest absolute Gasteiger partial charge is 0.248 e. The van der Waals surface area contributed by atoms with Crippen molar-refractivity contribution in [2.75, 3.05) is 0 Å². The van der Waals surface area contributed by atoms with E-state index in [2.05, 4.69) is 92.2 Å². The first-order chi connectivity index (χ1) is 13.9. The normalized spacial score (nSPS) is 13.7. The second-order valence-corrected chi connectivity index (χ2v) is 18.0. The Hall–Kier alpha value is -1.21. The summed E-state index contributed by atoms with van der Waals surface area (Å²) in [4.78, 5) is 0. The van der Waals surface area contributed by atoms with Gasteiger partial charge in [-0.3, -0.25) is 9.15 Å². The Morgan fingerprint density at radius 2 is 0.800 bits per heavy atom. The van der Waals surface area contributed by atoms with Crippen LogP contribution in [0.2, 0.25) is 36.3 Å². The minimum absolute atomic E-state index is 0.144. The maximum atomic E-state index is 6.46. The molecule has 0 fully saturated rings. The molecule has 0 aliphatic rings. The predicted molar refractivity (Wildman–Crippen MR) is 140 cm³/mol. The first-order valence-corrected chi connectivity index (χ1v) is 16.1. The number of allylic oxidation sites excluding steroid dienone is 8. The van der Waals surface area contributed by atoms with Crippen molar-refractivity contribution >= 4 is 16.6 Å². The molecule has 0 bridgehead atoms. The van der Waals surface area contributed by atoms with Crippen LogP contribution >= 0.6 is 0 Å². The molecule has 0 amide bonds. The molecule has 0 aliphatic heterocycles. The van der Waals surface area contributed by atoms with Crippen molar-refractivity contribution in [2.45, 2.75) is 77.8 Å². The van der Waals surface area contributed by atoms with Crippen LogP contribution in [-0.2, 0) is 9.15 Å². The third-order valence-corrected chi connectivity index (χ3v) is 11.8. The summed E-state index contributed by atoms with van der Waals surface area (Å²) in [6.07, 6.45) is 16.9. The van der Waals surface area contributed by atoms with Gasteiger partial charge in [-0.2, -0.15) is 0 Å². The van der Waals surface area contributed by atoms with Gasteiger partial charge in [0.2, 0.25) is 16.6 Å². The fraction of sp³-hybridized carbons (Fsp3) is 0.538. The van der Waals surface area contributed by atoms with Crippen molar-refractivity contribution in [1.82, 2.24) is 0 Å². The third kappa shape index (κ3) is 12.5. The molecule has 170 valence electrons. The quantitative estimate of drug-likeness (QED) is 0.108. The topological polar surface area (TPSA) is 18.5 Å². The van der Waals surface area contributed by atoms with Crippen LogP contribution in [0.5, 0.6) is 0 Å². The van der Waals surface area contributed by atoms with Gasteiger partial charge in [0.25, 0.3) is 0 Å². The lowest BCUT2D eigenvalue weighted by molar-refractivity contribution is -0.127. The van der Waals surface area contributed by atoms with E-state index in [1.165, 1.54) is 0 Å². The second-order valence-electron chi connectivity index (χ2n) is 10.4. The van der Waals surface area contributed by atoms with Gasteiger partial charge in [-0.15, -0.1) is 26.3 Å². The van der Waals surface area contributed by atoms with Gasteiger partial charge >= 0.3 is 0 Å². The summed E-state index contributed by atoms with van der Waals surface area (Å²) in [5.41, 5.74) is 0.288. The Bertz CT molecular complexity index is 530. The standard InChI is InChI=1S/C26H46O2Si2/c1-11-19-29(20-12-2,23-15-17-25(5,6)7)27-28-30(21-13-3,22-14-4)24-16-18-26(8,9)10/h11-18H,1-4,19-24H2,5-10H3. The summed E-state index contributed by atoms with van der Waals surface area (Å²) in [6.45, 7) is 29.2. The third-order valence-electron chi connectivity index (χ3n) is 4.68. The van der Waals surface area contributed by atoms with Gasteiger partial charge in [-0.05, 0) is 47.1 Å². The van der Waals surface area contributed by atoms with Gasteiger partial charge in [-0.25, -0.2) is 0 Å². The molecule has 0 atom stereocenters. The first-order valence-electron chi connectivity index (χ1n) is 11.0. The summed E-state index contributed by atoms with van der Waals surface area (Å²) < 4.78 is 12.9. The Kier molecular flexibility index (Phi) is 12.7. The summed E-state index contributed by atoms with van der Waals surface area (Å²) in [7, 11) is -4.48. The fourth-order valence-electron chi connectivity index (χ4n) is 3.19.